The van der Waals surface area contributed by atoms with Crippen molar-refractivity contribution >= 4 is 5.69 Å². The van der Waals surface area contributed by atoms with Gasteiger partial charge in [-0.25, -0.2) is 0 Å². The van der Waals surface area contributed by atoms with Crippen molar-refractivity contribution in [3.63, 3.8) is 0 Å². The monoisotopic (exact) mass is 231 g/mol. The van der Waals surface area contributed by atoms with Crippen LogP contribution in [0.1, 0.15) is 6.92 Å². The first-order chi connectivity index (χ1) is 8.29. The van der Waals surface area contributed by atoms with E-state index in [1.165, 1.54) is 0 Å². The molecule has 0 saturated carbocycles. The second kappa shape index (κ2) is 5.50. The van der Waals surface area contributed by atoms with Crippen molar-refractivity contribution in [1.29, 1.82) is 0 Å². The maximum atomic E-state index is 5.65. The van der Waals surface area contributed by atoms with Gasteiger partial charge in [-0.2, -0.15) is 5.10 Å². The highest BCUT2D eigenvalue weighted by atomic mass is 16.5. The first kappa shape index (κ1) is 11.7. The van der Waals surface area contributed by atoms with Crippen LogP contribution < -0.4 is 5.73 Å². The number of hydrogen-bond donors (Lipinski definition) is 1. The van der Waals surface area contributed by atoms with Crippen LogP contribution in [0.4, 0.5) is 5.69 Å². The summed E-state index contributed by atoms with van der Waals surface area (Å²) in [5.41, 5.74) is 8.65. The molecule has 1 aromatic heterocycles. The fourth-order valence-corrected chi connectivity index (χ4v) is 1.61. The van der Waals surface area contributed by atoms with E-state index in [0.717, 1.165) is 30.0 Å². The first-order valence-corrected chi connectivity index (χ1v) is 5.75. The van der Waals surface area contributed by atoms with Crippen molar-refractivity contribution in [3.8, 4) is 11.1 Å². The third-order valence-corrected chi connectivity index (χ3v) is 2.55. The van der Waals surface area contributed by atoms with Gasteiger partial charge in [-0.1, -0.05) is 12.1 Å². The van der Waals surface area contributed by atoms with Crippen LogP contribution in [0.3, 0.4) is 0 Å². The van der Waals surface area contributed by atoms with Crippen molar-refractivity contribution in [2.75, 3.05) is 18.9 Å². The zero-order valence-corrected chi connectivity index (χ0v) is 9.97. The number of anilines is 1. The van der Waals surface area contributed by atoms with Crippen LogP contribution in [-0.4, -0.2) is 23.0 Å². The standard InChI is InChI=1S/C13H17N3O/c1-2-17-8-7-16-10-12(9-15-16)11-3-5-13(14)6-4-11/h3-6,9-10H,2,7-8,14H2,1H3. The predicted molar refractivity (Wildman–Crippen MR) is 68.6 cm³/mol. The molecule has 0 aliphatic carbocycles. The van der Waals surface area contributed by atoms with Gasteiger partial charge in [0.15, 0.2) is 0 Å². The minimum Gasteiger partial charge on any atom is -0.399 e. The van der Waals surface area contributed by atoms with E-state index in [4.69, 9.17) is 10.5 Å². The molecule has 0 fully saturated rings. The van der Waals surface area contributed by atoms with Gasteiger partial charge in [-0.3, -0.25) is 4.68 Å². The number of benzene rings is 1. The van der Waals surface area contributed by atoms with E-state index in [0.29, 0.717) is 6.61 Å². The first-order valence-electron chi connectivity index (χ1n) is 5.75. The number of hydrogen-bond acceptors (Lipinski definition) is 3. The minimum absolute atomic E-state index is 0.694. The summed E-state index contributed by atoms with van der Waals surface area (Å²) >= 11 is 0. The van der Waals surface area contributed by atoms with E-state index in [-0.39, 0.29) is 0 Å². The fraction of sp³-hybridized carbons (Fsp3) is 0.308. The number of nitrogen functional groups attached to an aromatic ring is 1. The Morgan fingerprint density at radius 3 is 2.71 bits per heavy atom. The molecule has 0 saturated heterocycles. The number of rotatable bonds is 5. The lowest BCUT2D eigenvalue weighted by Crippen LogP contribution is -2.05. The van der Waals surface area contributed by atoms with Gasteiger partial charge >= 0.3 is 0 Å². The quantitative estimate of drug-likeness (QED) is 0.633. The van der Waals surface area contributed by atoms with Crippen molar-refractivity contribution in [2.45, 2.75) is 13.5 Å². The average molecular weight is 231 g/mol. The molecular weight excluding hydrogens is 214 g/mol. The third kappa shape index (κ3) is 3.07. The third-order valence-electron chi connectivity index (χ3n) is 2.55. The van der Waals surface area contributed by atoms with Gasteiger partial charge in [-0.05, 0) is 24.6 Å². The number of nitrogens with zero attached hydrogens (tertiary/aromatic N) is 2. The van der Waals surface area contributed by atoms with E-state index in [9.17, 15) is 0 Å². The molecule has 0 atom stereocenters. The summed E-state index contributed by atoms with van der Waals surface area (Å²) in [6.07, 6.45) is 3.88. The van der Waals surface area contributed by atoms with Crippen molar-refractivity contribution in [1.82, 2.24) is 9.78 Å². The van der Waals surface area contributed by atoms with Crippen LogP contribution in [0.15, 0.2) is 36.7 Å². The molecule has 4 heteroatoms. The summed E-state index contributed by atoms with van der Waals surface area (Å²) in [5, 5.41) is 4.29. The molecule has 17 heavy (non-hydrogen) atoms. The normalized spacial score (nSPS) is 10.6. The SMILES string of the molecule is CCOCCn1cc(-c2ccc(N)cc2)cn1. The van der Waals surface area contributed by atoms with E-state index in [1.54, 1.807) is 0 Å². The number of ether oxygens (including phenoxy) is 1. The molecule has 2 N–H and O–H groups in total. The van der Waals surface area contributed by atoms with Gasteiger partial charge in [0.1, 0.15) is 0 Å². The average Bonchev–Trinajstić information content (AvgIpc) is 2.79. The molecule has 0 spiro atoms. The van der Waals surface area contributed by atoms with Crippen LogP contribution in [0.5, 0.6) is 0 Å². The van der Waals surface area contributed by atoms with Gasteiger partial charge in [0.2, 0.25) is 0 Å². The van der Waals surface area contributed by atoms with Crippen LogP contribution in [0.2, 0.25) is 0 Å². The van der Waals surface area contributed by atoms with Crippen LogP contribution in [0, 0.1) is 0 Å². The topological polar surface area (TPSA) is 53.1 Å². The van der Waals surface area contributed by atoms with Crippen LogP contribution in [0.25, 0.3) is 11.1 Å². The molecule has 2 rings (SSSR count). The molecule has 0 radical (unpaired) electrons. The van der Waals surface area contributed by atoms with Crippen LogP contribution >= 0.6 is 0 Å². The fourth-order valence-electron chi connectivity index (χ4n) is 1.61. The number of nitrogens with two attached hydrogens (primary N) is 1. The second-order valence-corrected chi connectivity index (χ2v) is 3.81. The Labute approximate surface area is 101 Å². The Kier molecular flexibility index (Phi) is 3.77. The Morgan fingerprint density at radius 2 is 2.00 bits per heavy atom. The molecule has 1 aromatic carbocycles. The van der Waals surface area contributed by atoms with Crippen molar-refractivity contribution in [3.05, 3.63) is 36.7 Å². The van der Waals surface area contributed by atoms with Crippen LogP contribution in [-0.2, 0) is 11.3 Å². The van der Waals surface area contributed by atoms with Gasteiger partial charge < -0.3 is 10.5 Å². The summed E-state index contributed by atoms with van der Waals surface area (Å²) in [6, 6.07) is 7.79. The molecule has 4 nitrogen and oxygen atoms in total. The van der Waals surface area contributed by atoms with Crippen molar-refractivity contribution < 1.29 is 4.74 Å². The second-order valence-electron chi connectivity index (χ2n) is 3.81. The van der Waals surface area contributed by atoms with E-state index in [1.807, 2.05) is 48.3 Å². The molecule has 1 heterocycles. The Morgan fingerprint density at radius 1 is 1.24 bits per heavy atom. The Bertz CT molecular complexity index is 462. The van der Waals surface area contributed by atoms with Gasteiger partial charge in [0, 0.05) is 24.1 Å². The lowest BCUT2D eigenvalue weighted by molar-refractivity contribution is 0.136. The Balaban J connectivity index is 2.04. The van der Waals surface area contributed by atoms with Crippen molar-refractivity contribution in [2.24, 2.45) is 0 Å². The highest BCUT2D eigenvalue weighted by molar-refractivity contribution is 5.63. The highest BCUT2D eigenvalue weighted by Gasteiger charge is 2.01. The van der Waals surface area contributed by atoms with E-state index < -0.39 is 0 Å². The van der Waals surface area contributed by atoms with Gasteiger partial charge in [-0.15, -0.1) is 0 Å². The van der Waals surface area contributed by atoms with Gasteiger partial charge in [0.05, 0.1) is 19.3 Å². The maximum Gasteiger partial charge on any atom is 0.0662 e. The summed E-state index contributed by atoms with van der Waals surface area (Å²) in [7, 11) is 0. The zero-order valence-electron chi connectivity index (χ0n) is 9.97. The predicted octanol–water partition coefficient (Wildman–Crippen LogP) is 2.17. The molecule has 0 unspecified atom stereocenters. The summed E-state index contributed by atoms with van der Waals surface area (Å²) in [4.78, 5) is 0. The van der Waals surface area contributed by atoms with Gasteiger partial charge in [0.25, 0.3) is 0 Å². The Hall–Kier alpha value is -1.81. The minimum atomic E-state index is 0.694. The summed E-state index contributed by atoms with van der Waals surface area (Å²) in [5.74, 6) is 0. The van der Waals surface area contributed by atoms with E-state index in [2.05, 4.69) is 5.10 Å². The molecule has 2 aromatic rings. The molecule has 0 amide bonds. The zero-order chi connectivity index (χ0) is 12.1. The summed E-state index contributed by atoms with van der Waals surface area (Å²) < 4.78 is 7.18. The molecular formula is C13H17N3O. The number of aromatic nitrogens is 2. The molecule has 0 aliphatic heterocycles. The lowest BCUT2D eigenvalue weighted by Gasteiger charge is -2.01. The largest absolute Gasteiger partial charge is 0.399 e. The molecule has 0 aliphatic rings. The smallest absolute Gasteiger partial charge is 0.0662 e. The maximum absolute atomic E-state index is 5.65. The van der Waals surface area contributed by atoms with E-state index >= 15 is 0 Å². The molecule has 90 valence electrons. The summed E-state index contributed by atoms with van der Waals surface area (Å²) in [6.45, 7) is 4.21. The lowest BCUT2D eigenvalue weighted by atomic mass is 10.1. The molecule has 0 bridgehead atoms. The highest BCUT2D eigenvalue weighted by Crippen LogP contribution is 2.19.